The Kier molecular flexibility index (Phi) is 4.02. The number of aliphatic hydroxyl groups excluding tert-OH is 1. The average molecular weight is 234 g/mol. The van der Waals surface area contributed by atoms with E-state index in [0.717, 1.165) is 19.6 Å². The van der Waals surface area contributed by atoms with Crippen LogP contribution in [0.2, 0.25) is 0 Å². The van der Waals surface area contributed by atoms with Crippen molar-refractivity contribution in [1.82, 2.24) is 5.32 Å². The fraction of sp³-hybridized carbons (Fsp3) is 0.571. The maximum absolute atomic E-state index is 9.38. The SMILES string of the molecule is CC(C)c1ccc(N2CCNCC2CO)cc1. The summed E-state index contributed by atoms with van der Waals surface area (Å²) >= 11 is 0. The van der Waals surface area contributed by atoms with E-state index in [4.69, 9.17) is 0 Å². The molecule has 0 amide bonds. The van der Waals surface area contributed by atoms with E-state index in [1.807, 2.05) is 0 Å². The van der Waals surface area contributed by atoms with Gasteiger partial charge in [0.1, 0.15) is 0 Å². The topological polar surface area (TPSA) is 35.5 Å². The highest BCUT2D eigenvalue weighted by Crippen LogP contribution is 2.22. The lowest BCUT2D eigenvalue weighted by atomic mass is 10.0. The van der Waals surface area contributed by atoms with Crippen LogP contribution in [0.1, 0.15) is 25.3 Å². The summed E-state index contributed by atoms with van der Waals surface area (Å²) in [7, 11) is 0. The molecule has 1 saturated heterocycles. The molecule has 0 aliphatic carbocycles. The van der Waals surface area contributed by atoms with Crippen molar-refractivity contribution < 1.29 is 5.11 Å². The third kappa shape index (κ3) is 2.79. The highest BCUT2D eigenvalue weighted by Gasteiger charge is 2.21. The number of hydrogen-bond acceptors (Lipinski definition) is 3. The highest BCUT2D eigenvalue weighted by molar-refractivity contribution is 5.49. The molecule has 17 heavy (non-hydrogen) atoms. The number of hydrogen-bond donors (Lipinski definition) is 2. The Labute approximate surface area is 103 Å². The number of nitrogens with zero attached hydrogens (tertiary/aromatic N) is 1. The minimum atomic E-state index is 0.202. The molecular weight excluding hydrogens is 212 g/mol. The lowest BCUT2D eigenvalue weighted by Crippen LogP contribution is -2.53. The Bertz CT molecular complexity index is 348. The number of rotatable bonds is 3. The highest BCUT2D eigenvalue weighted by atomic mass is 16.3. The van der Waals surface area contributed by atoms with Gasteiger partial charge in [0.15, 0.2) is 0 Å². The van der Waals surface area contributed by atoms with Crippen LogP contribution in [0.3, 0.4) is 0 Å². The molecule has 2 N–H and O–H groups in total. The second kappa shape index (κ2) is 5.52. The molecular formula is C14H22N2O. The van der Waals surface area contributed by atoms with Crippen LogP contribution in [-0.2, 0) is 0 Å². The lowest BCUT2D eigenvalue weighted by Gasteiger charge is -2.37. The van der Waals surface area contributed by atoms with Crippen LogP contribution in [0, 0.1) is 0 Å². The zero-order chi connectivity index (χ0) is 12.3. The lowest BCUT2D eigenvalue weighted by molar-refractivity contribution is 0.246. The molecule has 1 unspecified atom stereocenters. The molecule has 1 fully saturated rings. The average Bonchev–Trinajstić information content (AvgIpc) is 2.39. The molecule has 0 saturated carbocycles. The maximum atomic E-state index is 9.38. The smallest absolute Gasteiger partial charge is 0.0647 e. The van der Waals surface area contributed by atoms with Crippen LogP contribution >= 0.6 is 0 Å². The van der Waals surface area contributed by atoms with Crippen molar-refractivity contribution in [2.75, 3.05) is 31.1 Å². The summed E-state index contributed by atoms with van der Waals surface area (Å²) < 4.78 is 0. The molecule has 0 bridgehead atoms. The minimum absolute atomic E-state index is 0.202. The number of anilines is 1. The minimum Gasteiger partial charge on any atom is -0.394 e. The van der Waals surface area contributed by atoms with Gasteiger partial charge in [-0.1, -0.05) is 26.0 Å². The van der Waals surface area contributed by atoms with Gasteiger partial charge in [0.25, 0.3) is 0 Å². The van der Waals surface area contributed by atoms with Gasteiger partial charge in [-0.3, -0.25) is 0 Å². The first-order chi connectivity index (χ1) is 8.22. The van der Waals surface area contributed by atoms with Gasteiger partial charge in [-0.05, 0) is 23.6 Å². The molecule has 2 rings (SSSR count). The fourth-order valence-electron chi connectivity index (χ4n) is 2.31. The summed E-state index contributed by atoms with van der Waals surface area (Å²) in [5.41, 5.74) is 2.58. The van der Waals surface area contributed by atoms with Crippen LogP contribution < -0.4 is 10.2 Å². The van der Waals surface area contributed by atoms with Gasteiger partial charge < -0.3 is 15.3 Å². The molecule has 3 heteroatoms. The summed E-state index contributed by atoms with van der Waals surface area (Å²) in [5, 5.41) is 12.7. The predicted octanol–water partition coefficient (Wildman–Crippen LogP) is 1.58. The van der Waals surface area contributed by atoms with Crippen LogP contribution in [0.4, 0.5) is 5.69 Å². The number of aliphatic hydroxyl groups is 1. The molecule has 1 heterocycles. The summed E-state index contributed by atoms with van der Waals surface area (Å²) in [5.74, 6) is 0.570. The van der Waals surface area contributed by atoms with Crippen molar-refractivity contribution in [3.05, 3.63) is 29.8 Å². The van der Waals surface area contributed by atoms with E-state index in [1.54, 1.807) is 0 Å². The number of nitrogens with one attached hydrogen (secondary N) is 1. The molecule has 1 atom stereocenters. The summed E-state index contributed by atoms with van der Waals surface area (Å²) in [6.45, 7) is 7.43. The van der Waals surface area contributed by atoms with Gasteiger partial charge in [-0.2, -0.15) is 0 Å². The Hall–Kier alpha value is -1.06. The van der Waals surface area contributed by atoms with Gasteiger partial charge in [0, 0.05) is 25.3 Å². The summed E-state index contributed by atoms with van der Waals surface area (Å²) in [4.78, 5) is 2.29. The van der Waals surface area contributed by atoms with Gasteiger partial charge in [0.05, 0.1) is 12.6 Å². The molecule has 1 aliphatic rings. The monoisotopic (exact) mass is 234 g/mol. The van der Waals surface area contributed by atoms with E-state index in [2.05, 4.69) is 48.3 Å². The van der Waals surface area contributed by atoms with Crippen LogP contribution in [0.25, 0.3) is 0 Å². The van der Waals surface area contributed by atoms with Gasteiger partial charge in [-0.25, -0.2) is 0 Å². The standard InChI is InChI=1S/C14H22N2O/c1-11(2)12-3-5-13(6-4-12)16-8-7-15-9-14(16)10-17/h3-6,11,14-15,17H,7-10H2,1-2H3. The fourth-order valence-corrected chi connectivity index (χ4v) is 2.31. The maximum Gasteiger partial charge on any atom is 0.0647 e. The van der Waals surface area contributed by atoms with E-state index >= 15 is 0 Å². The Morgan fingerprint density at radius 3 is 2.65 bits per heavy atom. The normalized spacial score (nSPS) is 20.9. The van der Waals surface area contributed by atoms with Crippen molar-refractivity contribution in [1.29, 1.82) is 0 Å². The molecule has 0 aromatic heterocycles. The van der Waals surface area contributed by atoms with Crippen LogP contribution in [-0.4, -0.2) is 37.4 Å². The van der Waals surface area contributed by atoms with E-state index in [1.165, 1.54) is 11.3 Å². The Morgan fingerprint density at radius 2 is 2.06 bits per heavy atom. The van der Waals surface area contributed by atoms with Crippen LogP contribution in [0.5, 0.6) is 0 Å². The van der Waals surface area contributed by atoms with Gasteiger partial charge in [0.2, 0.25) is 0 Å². The summed E-state index contributed by atoms with van der Waals surface area (Å²) in [6, 6.07) is 8.92. The second-order valence-electron chi connectivity index (χ2n) is 4.98. The van der Waals surface area contributed by atoms with Crippen molar-refractivity contribution >= 4 is 5.69 Å². The first kappa shape index (κ1) is 12.4. The molecule has 1 aromatic carbocycles. The molecule has 0 radical (unpaired) electrons. The largest absolute Gasteiger partial charge is 0.394 e. The van der Waals surface area contributed by atoms with Gasteiger partial charge in [-0.15, -0.1) is 0 Å². The predicted molar refractivity (Wildman–Crippen MR) is 71.6 cm³/mol. The quantitative estimate of drug-likeness (QED) is 0.833. The third-order valence-electron chi connectivity index (χ3n) is 3.45. The first-order valence-electron chi connectivity index (χ1n) is 6.40. The van der Waals surface area contributed by atoms with Crippen molar-refractivity contribution in [2.24, 2.45) is 0 Å². The van der Waals surface area contributed by atoms with Gasteiger partial charge >= 0.3 is 0 Å². The molecule has 1 aromatic rings. The molecule has 1 aliphatic heterocycles. The third-order valence-corrected chi connectivity index (χ3v) is 3.45. The number of benzene rings is 1. The van der Waals surface area contributed by atoms with E-state index in [-0.39, 0.29) is 12.6 Å². The van der Waals surface area contributed by atoms with Crippen molar-refractivity contribution in [3.8, 4) is 0 Å². The zero-order valence-corrected chi connectivity index (χ0v) is 10.7. The van der Waals surface area contributed by atoms with Crippen molar-refractivity contribution in [3.63, 3.8) is 0 Å². The van der Waals surface area contributed by atoms with Crippen LogP contribution in [0.15, 0.2) is 24.3 Å². The van der Waals surface area contributed by atoms with E-state index in [9.17, 15) is 5.11 Å². The Morgan fingerprint density at radius 1 is 1.35 bits per heavy atom. The summed E-state index contributed by atoms with van der Waals surface area (Å²) in [6.07, 6.45) is 0. The molecule has 94 valence electrons. The zero-order valence-electron chi connectivity index (χ0n) is 10.7. The second-order valence-corrected chi connectivity index (χ2v) is 4.98. The molecule has 3 nitrogen and oxygen atoms in total. The first-order valence-corrected chi connectivity index (χ1v) is 6.40. The molecule has 0 spiro atoms. The van der Waals surface area contributed by atoms with Crippen molar-refractivity contribution in [2.45, 2.75) is 25.8 Å². The number of piperazine rings is 1. The van der Waals surface area contributed by atoms with E-state index in [0.29, 0.717) is 5.92 Å². The van der Waals surface area contributed by atoms with E-state index < -0.39 is 0 Å². The Balaban J connectivity index is 2.15.